The maximum atomic E-state index is 11.5. The second kappa shape index (κ2) is 5.60. The van der Waals surface area contributed by atoms with Crippen molar-refractivity contribution in [3.05, 3.63) is 24.3 Å². The third kappa shape index (κ3) is 3.15. The number of nitrogens with zero attached hydrogens (tertiary/aromatic N) is 1. The van der Waals surface area contributed by atoms with E-state index in [9.17, 15) is 9.59 Å². The molecule has 1 unspecified atom stereocenters. The second-order valence-corrected chi connectivity index (χ2v) is 4.39. The van der Waals surface area contributed by atoms with E-state index < -0.39 is 5.97 Å². The Balaban J connectivity index is 2.25. The highest BCUT2D eigenvalue weighted by molar-refractivity contribution is 5.84. The number of ether oxygens (including phenoxy) is 1. The van der Waals surface area contributed by atoms with Gasteiger partial charge in [-0.25, -0.2) is 0 Å². The molecule has 1 aromatic rings. The molecular weight excluding hydrogens is 248 g/mol. The molecule has 0 spiro atoms. The molecule has 6 heteroatoms. The summed E-state index contributed by atoms with van der Waals surface area (Å²) in [4.78, 5) is 24.2. The highest BCUT2D eigenvalue weighted by atomic mass is 16.5. The number of rotatable bonds is 4. The van der Waals surface area contributed by atoms with Crippen LogP contribution in [0.3, 0.4) is 0 Å². The molecule has 0 saturated carbocycles. The Labute approximate surface area is 111 Å². The summed E-state index contributed by atoms with van der Waals surface area (Å²) in [6.45, 7) is 0.494. The minimum absolute atomic E-state index is 0.0164. The monoisotopic (exact) mass is 264 g/mol. The summed E-state index contributed by atoms with van der Waals surface area (Å²) < 4.78 is 5.15. The first kappa shape index (κ1) is 13.2. The van der Waals surface area contributed by atoms with Crippen LogP contribution < -0.4 is 15.0 Å². The van der Waals surface area contributed by atoms with Gasteiger partial charge in [-0.2, -0.15) is 0 Å². The van der Waals surface area contributed by atoms with E-state index in [0.29, 0.717) is 12.3 Å². The van der Waals surface area contributed by atoms with Gasteiger partial charge >= 0.3 is 5.97 Å². The summed E-state index contributed by atoms with van der Waals surface area (Å²) in [7, 11) is 1.57. The van der Waals surface area contributed by atoms with Crippen molar-refractivity contribution in [1.29, 1.82) is 0 Å². The molecule has 1 aromatic carbocycles. The summed E-state index contributed by atoms with van der Waals surface area (Å²) in [6, 6.07) is 7.02. The van der Waals surface area contributed by atoms with Crippen LogP contribution >= 0.6 is 0 Å². The average Bonchev–Trinajstić information content (AvgIpc) is 2.40. The van der Waals surface area contributed by atoms with E-state index >= 15 is 0 Å². The van der Waals surface area contributed by atoms with Crippen molar-refractivity contribution < 1.29 is 19.4 Å². The summed E-state index contributed by atoms with van der Waals surface area (Å²) in [5.41, 5.74) is 0.792. The van der Waals surface area contributed by atoms with Crippen LogP contribution in [0.15, 0.2) is 24.3 Å². The number of nitrogens with one attached hydrogen (secondary N) is 1. The lowest BCUT2D eigenvalue weighted by Crippen LogP contribution is -2.55. The number of amides is 1. The van der Waals surface area contributed by atoms with Crippen LogP contribution in [0.5, 0.6) is 5.75 Å². The molecule has 1 amide bonds. The van der Waals surface area contributed by atoms with Gasteiger partial charge in [0.1, 0.15) is 5.75 Å². The molecule has 1 aliphatic heterocycles. The predicted molar refractivity (Wildman–Crippen MR) is 69.4 cm³/mol. The van der Waals surface area contributed by atoms with Crippen molar-refractivity contribution in [3.63, 3.8) is 0 Å². The number of aliphatic carboxylic acids is 1. The predicted octanol–water partition coefficient (Wildman–Crippen LogP) is 0.475. The van der Waals surface area contributed by atoms with Crippen molar-refractivity contribution in [2.75, 3.05) is 25.1 Å². The van der Waals surface area contributed by atoms with Gasteiger partial charge in [0.25, 0.3) is 0 Å². The quantitative estimate of drug-likeness (QED) is 0.826. The molecule has 6 nitrogen and oxygen atoms in total. The Morgan fingerprint density at radius 2 is 2.37 bits per heavy atom. The maximum absolute atomic E-state index is 11.5. The Hall–Kier alpha value is -2.24. The number of methoxy groups -OCH3 is 1. The first-order chi connectivity index (χ1) is 9.10. The molecule has 0 bridgehead atoms. The molecule has 2 N–H and O–H groups in total. The van der Waals surface area contributed by atoms with E-state index in [-0.39, 0.29) is 24.9 Å². The Morgan fingerprint density at radius 1 is 1.58 bits per heavy atom. The Morgan fingerprint density at radius 3 is 3.05 bits per heavy atom. The number of hydrogen-bond donors (Lipinski definition) is 2. The second-order valence-electron chi connectivity index (χ2n) is 4.39. The van der Waals surface area contributed by atoms with E-state index in [1.165, 1.54) is 0 Å². The number of carboxylic acids is 1. The van der Waals surface area contributed by atoms with E-state index in [2.05, 4.69) is 5.32 Å². The Bertz CT molecular complexity index is 489. The molecule has 1 atom stereocenters. The zero-order valence-corrected chi connectivity index (χ0v) is 10.6. The fourth-order valence-corrected chi connectivity index (χ4v) is 2.16. The van der Waals surface area contributed by atoms with Crippen LogP contribution in [0.4, 0.5) is 5.69 Å². The normalized spacial score (nSPS) is 18.9. The molecule has 0 radical (unpaired) electrons. The van der Waals surface area contributed by atoms with E-state index in [0.717, 1.165) is 5.69 Å². The first-order valence-corrected chi connectivity index (χ1v) is 5.99. The number of anilines is 1. The van der Waals surface area contributed by atoms with Crippen molar-refractivity contribution in [2.45, 2.75) is 12.5 Å². The van der Waals surface area contributed by atoms with Gasteiger partial charge in [0.2, 0.25) is 5.91 Å². The van der Waals surface area contributed by atoms with Crippen LogP contribution in [-0.2, 0) is 9.59 Å². The van der Waals surface area contributed by atoms with Gasteiger partial charge in [0, 0.05) is 18.3 Å². The molecule has 2 rings (SSSR count). The first-order valence-electron chi connectivity index (χ1n) is 5.99. The molecule has 1 fully saturated rings. The van der Waals surface area contributed by atoms with Gasteiger partial charge in [-0.15, -0.1) is 0 Å². The smallest absolute Gasteiger partial charge is 0.305 e. The molecule has 0 aliphatic carbocycles. The molecule has 0 aromatic heterocycles. The SMILES string of the molecule is COc1cccc(N2CC(=O)NCC2CC(=O)O)c1. The number of carbonyl (C=O) groups excluding carboxylic acids is 1. The van der Waals surface area contributed by atoms with Crippen molar-refractivity contribution >= 4 is 17.6 Å². The lowest BCUT2D eigenvalue weighted by Gasteiger charge is -2.36. The number of piperazine rings is 1. The minimum atomic E-state index is -0.881. The minimum Gasteiger partial charge on any atom is -0.497 e. The third-order valence-corrected chi connectivity index (χ3v) is 3.08. The number of carbonyl (C=O) groups is 2. The van der Waals surface area contributed by atoms with Crippen LogP contribution in [-0.4, -0.2) is 43.2 Å². The molecular formula is C13H16N2O4. The van der Waals surface area contributed by atoms with Crippen molar-refractivity contribution in [3.8, 4) is 5.75 Å². The highest BCUT2D eigenvalue weighted by Gasteiger charge is 2.28. The largest absolute Gasteiger partial charge is 0.497 e. The maximum Gasteiger partial charge on any atom is 0.305 e. The van der Waals surface area contributed by atoms with E-state index in [1.807, 2.05) is 12.1 Å². The van der Waals surface area contributed by atoms with Crippen LogP contribution in [0.25, 0.3) is 0 Å². The number of benzene rings is 1. The summed E-state index contributed by atoms with van der Waals surface area (Å²) >= 11 is 0. The van der Waals surface area contributed by atoms with Crippen molar-refractivity contribution in [2.24, 2.45) is 0 Å². The third-order valence-electron chi connectivity index (χ3n) is 3.08. The number of carboxylic acid groups (broad SMARTS) is 1. The number of hydrogen-bond acceptors (Lipinski definition) is 4. The van der Waals surface area contributed by atoms with Crippen LogP contribution in [0, 0.1) is 0 Å². The van der Waals surface area contributed by atoms with Crippen molar-refractivity contribution in [1.82, 2.24) is 5.32 Å². The summed E-state index contributed by atoms with van der Waals surface area (Å²) in [5.74, 6) is -0.309. The molecule has 1 aliphatic rings. The van der Waals surface area contributed by atoms with Crippen LogP contribution in [0.2, 0.25) is 0 Å². The van der Waals surface area contributed by atoms with Gasteiger partial charge in [-0.3, -0.25) is 9.59 Å². The molecule has 1 saturated heterocycles. The van der Waals surface area contributed by atoms with E-state index in [1.54, 1.807) is 24.1 Å². The standard InChI is InChI=1S/C13H16N2O4/c1-19-11-4-2-3-9(5-11)15-8-12(16)14-7-10(15)6-13(17)18/h2-5,10H,6-8H2,1H3,(H,14,16)(H,17,18). The van der Waals surface area contributed by atoms with Gasteiger partial charge in [0.05, 0.1) is 26.1 Å². The average molecular weight is 264 g/mol. The van der Waals surface area contributed by atoms with E-state index in [4.69, 9.17) is 9.84 Å². The fraction of sp³-hybridized carbons (Fsp3) is 0.385. The Kier molecular flexibility index (Phi) is 3.89. The highest BCUT2D eigenvalue weighted by Crippen LogP contribution is 2.24. The van der Waals surface area contributed by atoms with Crippen LogP contribution in [0.1, 0.15) is 6.42 Å². The van der Waals surface area contributed by atoms with Gasteiger partial charge in [0.15, 0.2) is 0 Å². The zero-order valence-electron chi connectivity index (χ0n) is 10.6. The van der Waals surface area contributed by atoms with Gasteiger partial charge in [-0.1, -0.05) is 6.07 Å². The van der Waals surface area contributed by atoms with Gasteiger partial charge in [-0.05, 0) is 12.1 Å². The summed E-state index contributed by atoms with van der Waals surface area (Å²) in [5, 5.41) is 11.6. The zero-order chi connectivity index (χ0) is 13.8. The topological polar surface area (TPSA) is 78.9 Å². The summed E-state index contributed by atoms with van der Waals surface area (Å²) in [6.07, 6.45) is -0.0164. The fourth-order valence-electron chi connectivity index (χ4n) is 2.16. The lowest BCUT2D eigenvalue weighted by molar-refractivity contribution is -0.138. The lowest BCUT2D eigenvalue weighted by atomic mass is 10.1. The molecule has 1 heterocycles. The van der Waals surface area contributed by atoms with Gasteiger partial charge < -0.3 is 20.1 Å². The molecule has 19 heavy (non-hydrogen) atoms. The molecule has 102 valence electrons.